The molecule has 1 aromatic heterocycles. The molecule has 4 rings (SSSR count). The van der Waals surface area contributed by atoms with Crippen LogP contribution in [0.4, 0.5) is 5.69 Å². The summed E-state index contributed by atoms with van der Waals surface area (Å²) in [6, 6.07) is 9.80. The fourth-order valence-corrected chi connectivity index (χ4v) is 5.70. The quantitative estimate of drug-likeness (QED) is 0.862. The molecule has 0 saturated heterocycles. The summed E-state index contributed by atoms with van der Waals surface area (Å²) >= 11 is 1.33. The molecular weight excluding hydrogens is 314 g/mol. The second-order valence-electron chi connectivity index (χ2n) is 6.26. The second kappa shape index (κ2) is 5.39. The van der Waals surface area contributed by atoms with Crippen molar-refractivity contribution in [2.75, 3.05) is 4.72 Å². The first-order valence-corrected chi connectivity index (χ1v) is 10.2. The van der Waals surface area contributed by atoms with Gasteiger partial charge in [-0.05, 0) is 66.2 Å². The summed E-state index contributed by atoms with van der Waals surface area (Å²) in [5.74, 6) is 0.949. The molecule has 0 bridgehead atoms. The van der Waals surface area contributed by atoms with Crippen molar-refractivity contribution in [3.8, 4) is 0 Å². The predicted octanol–water partition coefficient (Wildman–Crippen LogP) is 4.69. The number of hydrogen-bond acceptors (Lipinski definition) is 3. The van der Waals surface area contributed by atoms with Gasteiger partial charge in [0.25, 0.3) is 10.0 Å². The summed E-state index contributed by atoms with van der Waals surface area (Å²) in [7, 11) is -3.48. The van der Waals surface area contributed by atoms with Gasteiger partial charge >= 0.3 is 0 Å². The molecule has 1 heterocycles. The first-order chi connectivity index (χ1) is 10.6. The molecule has 2 aliphatic rings. The van der Waals surface area contributed by atoms with Crippen LogP contribution < -0.4 is 4.72 Å². The molecular formula is C17H19NO2S2. The number of nitrogens with one attached hydrogen (secondary N) is 1. The molecule has 0 amide bonds. The fourth-order valence-electron chi connectivity index (χ4n) is 3.08. The first kappa shape index (κ1) is 14.3. The fraction of sp³-hybridized carbons (Fsp3) is 0.412. The minimum atomic E-state index is -3.48. The van der Waals surface area contributed by atoms with E-state index in [4.69, 9.17) is 0 Å². The molecule has 2 fully saturated rings. The van der Waals surface area contributed by atoms with Crippen molar-refractivity contribution < 1.29 is 8.42 Å². The molecule has 2 saturated carbocycles. The molecule has 0 atom stereocenters. The van der Waals surface area contributed by atoms with E-state index in [0.717, 1.165) is 42.5 Å². The average Bonchev–Trinajstić information content (AvgIpc) is 3.15. The molecule has 1 N–H and O–H groups in total. The van der Waals surface area contributed by atoms with Gasteiger partial charge in [-0.2, -0.15) is 0 Å². The van der Waals surface area contributed by atoms with Crippen LogP contribution in [0.15, 0.2) is 39.9 Å². The van der Waals surface area contributed by atoms with Crippen LogP contribution in [0.5, 0.6) is 0 Å². The van der Waals surface area contributed by atoms with E-state index < -0.39 is 10.0 Å². The largest absolute Gasteiger partial charge is 0.279 e. The van der Waals surface area contributed by atoms with Gasteiger partial charge in [0.2, 0.25) is 0 Å². The monoisotopic (exact) mass is 333 g/mol. The number of anilines is 1. The van der Waals surface area contributed by atoms with Crippen LogP contribution in [0.2, 0.25) is 0 Å². The SMILES string of the molecule is O=S(=O)(Nc1ccccc1C1CCC1)c1sccc1C1CC1. The van der Waals surface area contributed by atoms with Gasteiger partial charge < -0.3 is 0 Å². The normalized spacial score (nSPS) is 18.9. The van der Waals surface area contributed by atoms with E-state index in [1.54, 1.807) is 0 Å². The smallest absolute Gasteiger partial charge is 0.271 e. The minimum Gasteiger partial charge on any atom is -0.279 e. The van der Waals surface area contributed by atoms with Crippen LogP contribution >= 0.6 is 11.3 Å². The van der Waals surface area contributed by atoms with E-state index in [-0.39, 0.29) is 0 Å². The molecule has 5 heteroatoms. The molecule has 0 spiro atoms. The van der Waals surface area contributed by atoms with Crippen LogP contribution in [0, 0.1) is 0 Å². The zero-order chi connectivity index (χ0) is 15.2. The molecule has 0 aliphatic heterocycles. The number of thiophene rings is 1. The number of sulfonamides is 1. The molecule has 0 radical (unpaired) electrons. The van der Waals surface area contributed by atoms with E-state index in [1.165, 1.54) is 17.8 Å². The lowest BCUT2D eigenvalue weighted by Crippen LogP contribution is -2.17. The Hall–Kier alpha value is -1.33. The standard InChI is InChI=1S/C17H19NO2S2/c19-22(20,17-15(10-11-21-17)13-8-9-13)18-16-7-2-1-6-14(16)12-4-3-5-12/h1-2,6-7,10-13,18H,3-5,8-9H2. The van der Waals surface area contributed by atoms with Crippen LogP contribution in [0.1, 0.15) is 55.1 Å². The van der Waals surface area contributed by atoms with Gasteiger partial charge in [-0.15, -0.1) is 11.3 Å². The molecule has 116 valence electrons. The lowest BCUT2D eigenvalue weighted by Gasteiger charge is -2.28. The van der Waals surface area contributed by atoms with Crippen molar-refractivity contribution in [2.45, 2.75) is 48.1 Å². The van der Waals surface area contributed by atoms with Crippen LogP contribution in [0.3, 0.4) is 0 Å². The summed E-state index contributed by atoms with van der Waals surface area (Å²) in [6.45, 7) is 0. The maximum atomic E-state index is 12.8. The Morgan fingerprint density at radius 1 is 0.955 bits per heavy atom. The Bertz CT molecular complexity index is 786. The third kappa shape index (κ3) is 2.57. The zero-order valence-electron chi connectivity index (χ0n) is 12.3. The van der Waals surface area contributed by atoms with Gasteiger partial charge in [0.1, 0.15) is 4.21 Å². The van der Waals surface area contributed by atoms with Gasteiger partial charge in [0, 0.05) is 0 Å². The van der Waals surface area contributed by atoms with Crippen molar-refractivity contribution in [1.29, 1.82) is 0 Å². The predicted molar refractivity (Wildman–Crippen MR) is 90.1 cm³/mol. The van der Waals surface area contributed by atoms with Crippen molar-refractivity contribution in [3.63, 3.8) is 0 Å². The Balaban J connectivity index is 1.66. The van der Waals surface area contributed by atoms with Crippen LogP contribution in [-0.2, 0) is 10.0 Å². The van der Waals surface area contributed by atoms with Gasteiger partial charge in [-0.1, -0.05) is 24.6 Å². The van der Waals surface area contributed by atoms with E-state index >= 15 is 0 Å². The van der Waals surface area contributed by atoms with E-state index in [0.29, 0.717) is 16.0 Å². The van der Waals surface area contributed by atoms with Gasteiger partial charge in [-0.25, -0.2) is 8.42 Å². The zero-order valence-corrected chi connectivity index (χ0v) is 13.9. The lowest BCUT2D eigenvalue weighted by molar-refractivity contribution is 0.421. The van der Waals surface area contributed by atoms with E-state index in [1.807, 2.05) is 29.6 Å². The Kier molecular flexibility index (Phi) is 3.50. The van der Waals surface area contributed by atoms with Crippen molar-refractivity contribution in [2.24, 2.45) is 0 Å². The maximum Gasteiger partial charge on any atom is 0.271 e. The van der Waals surface area contributed by atoms with Crippen molar-refractivity contribution in [3.05, 3.63) is 46.8 Å². The number of benzene rings is 1. The Morgan fingerprint density at radius 2 is 1.68 bits per heavy atom. The Morgan fingerprint density at radius 3 is 2.36 bits per heavy atom. The molecule has 3 nitrogen and oxygen atoms in total. The van der Waals surface area contributed by atoms with E-state index in [9.17, 15) is 8.42 Å². The number of hydrogen-bond donors (Lipinski definition) is 1. The number of rotatable bonds is 5. The summed E-state index contributed by atoms with van der Waals surface area (Å²) < 4.78 is 28.9. The topological polar surface area (TPSA) is 46.2 Å². The molecule has 1 aromatic carbocycles. The summed E-state index contributed by atoms with van der Waals surface area (Å²) in [4.78, 5) is 0. The van der Waals surface area contributed by atoms with Gasteiger partial charge in [0.05, 0.1) is 5.69 Å². The molecule has 2 aliphatic carbocycles. The third-order valence-electron chi connectivity index (χ3n) is 4.67. The first-order valence-electron chi connectivity index (χ1n) is 7.84. The summed E-state index contributed by atoms with van der Waals surface area (Å²) in [5.41, 5.74) is 2.89. The summed E-state index contributed by atoms with van der Waals surface area (Å²) in [5, 5.41) is 1.89. The lowest BCUT2D eigenvalue weighted by atomic mass is 9.79. The highest BCUT2D eigenvalue weighted by Crippen LogP contribution is 2.45. The highest BCUT2D eigenvalue weighted by atomic mass is 32.2. The van der Waals surface area contributed by atoms with Gasteiger partial charge in [-0.3, -0.25) is 4.72 Å². The van der Waals surface area contributed by atoms with Crippen LogP contribution in [-0.4, -0.2) is 8.42 Å². The van der Waals surface area contributed by atoms with Gasteiger partial charge in [0.15, 0.2) is 0 Å². The highest BCUT2D eigenvalue weighted by Gasteiger charge is 2.32. The molecule has 2 aromatic rings. The number of para-hydroxylation sites is 1. The maximum absolute atomic E-state index is 12.8. The molecule has 0 unspecified atom stereocenters. The van der Waals surface area contributed by atoms with Crippen molar-refractivity contribution in [1.82, 2.24) is 0 Å². The average molecular weight is 333 g/mol. The Labute approximate surface area is 135 Å². The minimum absolute atomic E-state index is 0.444. The second-order valence-corrected chi connectivity index (χ2v) is 9.05. The van der Waals surface area contributed by atoms with Crippen LogP contribution in [0.25, 0.3) is 0 Å². The highest BCUT2D eigenvalue weighted by molar-refractivity contribution is 7.94. The van der Waals surface area contributed by atoms with E-state index in [2.05, 4.69) is 10.8 Å². The molecule has 22 heavy (non-hydrogen) atoms. The third-order valence-corrected chi connectivity index (χ3v) is 7.55. The van der Waals surface area contributed by atoms with Crippen molar-refractivity contribution >= 4 is 27.0 Å². The summed E-state index contributed by atoms with van der Waals surface area (Å²) in [6.07, 6.45) is 5.77.